The van der Waals surface area contributed by atoms with Crippen LogP contribution in [0.15, 0.2) is 23.1 Å². The number of esters is 1. The normalized spacial score (nSPS) is 16.0. The summed E-state index contributed by atoms with van der Waals surface area (Å²) in [5, 5.41) is 12.4. The van der Waals surface area contributed by atoms with E-state index >= 15 is 0 Å². The van der Waals surface area contributed by atoms with Crippen molar-refractivity contribution in [3.05, 3.63) is 23.1 Å². The molecule has 0 saturated carbocycles. The highest BCUT2D eigenvalue weighted by Gasteiger charge is 2.16. The summed E-state index contributed by atoms with van der Waals surface area (Å²) in [4.78, 5) is 11.3. The number of allylic oxidation sites excluding steroid dienone is 1. The molecule has 0 spiro atoms. The van der Waals surface area contributed by atoms with Gasteiger partial charge in [0.1, 0.15) is 11.5 Å². The van der Waals surface area contributed by atoms with E-state index in [-0.39, 0.29) is 5.76 Å². The Balaban J connectivity index is 2.75. The molecule has 1 heterocycles. The molecule has 2 N–H and O–H groups in total. The first-order valence-electron chi connectivity index (χ1n) is 4.72. The molecule has 14 heavy (non-hydrogen) atoms. The van der Waals surface area contributed by atoms with Gasteiger partial charge in [0.15, 0.2) is 0 Å². The number of aliphatic hydroxyl groups excluding tert-OH is 1. The summed E-state index contributed by atoms with van der Waals surface area (Å²) >= 11 is 0. The Kier molecular flexibility index (Phi) is 3.56. The highest BCUT2D eigenvalue weighted by atomic mass is 16.5. The standard InChI is InChI=1S/C10H15NO3/c1-3-7-6-11-8(5-9(7)12)10(13)14-4-2/h5,11-12H,3-4,6H2,1-2H3. The van der Waals surface area contributed by atoms with Gasteiger partial charge in [-0.15, -0.1) is 0 Å². The number of aliphatic hydroxyl groups is 1. The maximum Gasteiger partial charge on any atom is 0.354 e. The Bertz CT molecular complexity index is 292. The van der Waals surface area contributed by atoms with E-state index in [1.165, 1.54) is 6.08 Å². The first kappa shape index (κ1) is 10.6. The van der Waals surface area contributed by atoms with Gasteiger partial charge in [0.05, 0.1) is 6.61 Å². The van der Waals surface area contributed by atoms with Crippen LogP contribution < -0.4 is 5.32 Å². The van der Waals surface area contributed by atoms with Gasteiger partial charge in [0, 0.05) is 12.6 Å². The fourth-order valence-electron chi connectivity index (χ4n) is 1.23. The van der Waals surface area contributed by atoms with Crippen molar-refractivity contribution in [2.24, 2.45) is 0 Å². The van der Waals surface area contributed by atoms with Crippen molar-refractivity contribution in [1.82, 2.24) is 5.32 Å². The Morgan fingerprint density at radius 2 is 2.36 bits per heavy atom. The van der Waals surface area contributed by atoms with Gasteiger partial charge in [-0.25, -0.2) is 4.79 Å². The second-order valence-corrected chi connectivity index (χ2v) is 2.97. The maximum atomic E-state index is 11.3. The molecule has 4 nitrogen and oxygen atoms in total. The van der Waals surface area contributed by atoms with Crippen molar-refractivity contribution < 1.29 is 14.6 Å². The number of hydrogen-bond donors (Lipinski definition) is 2. The van der Waals surface area contributed by atoms with E-state index in [0.717, 1.165) is 12.0 Å². The number of carbonyl (C=O) groups excluding carboxylic acids is 1. The summed E-state index contributed by atoms with van der Waals surface area (Å²) < 4.78 is 4.80. The lowest BCUT2D eigenvalue weighted by molar-refractivity contribution is -0.139. The van der Waals surface area contributed by atoms with E-state index in [0.29, 0.717) is 18.8 Å². The Morgan fingerprint density at radius 3 is 2.86 bits per heavy atom. The fourth-order valence-corrected chi connectivity index (χ4v) is 1.23. The zero-order chi connectivity index (χ0) is 10.6. The zero-order valence-corrected chi connectivity index (χ0v) is 8.46. The Labute approximate surface area is 83.3 Å². The molecule has 0 aromatic carbocycles. The van der Waals surface area contributed by atoms with Crippen LogP contribution in [-0.4, -0.2) is 24.2 Å². The predicted octanol–water partition coefficient (Wildman–Crippen LogP) is 1.26. The molecule has 0 atom stereocenters. The number of ether oxygens (including phenoxy) is 1. The van der Waals surface area contributed by atoms with Crippen molar-refractivity contribution in [3.63, 3.8) is 0 Å². The van der Waals surface area contributed by atoms with Crippen LogP contribution in [0.2, 0.25) is 0 Å². The van der Waals surface area contributed by atoms with Gasteiger partial charge < -0.3 is 15.2 Å². The van der Waals surface area contributed by atoms with E-state index in [1.807, 2.05) is 6.92 Å². The van der Waals surface area contributed by atoms with Crippen LogP contribution in [-0.2, 0) is 9.53 Å². The largest absolute Gasteiger partial charge is 0.508 e. The van der Waals surface area contributed by atoms with Crippen molar-refractivity contribution in [2.45, 2.75) is 20.3 Å². The van der Waals surface area contributed by atoms with Crippen molar-refractivity contribution in [1.29, 1.82) is 0 Å². The third-order valence-corrected chi connectivity index (χ3v) is 2.06. The molecular weight excluding hydrogens is 182 g/mol. The SMILES string of the molecule is CCOC(=O)C1=CC(O)=C(CC)CN1. The maximum absolute atomic E-state index is 11.3. The quantitative estimate of drug-likeness (QED) is 0.669. The number of dihydropyridines is 1. The average Bonchev–Trinajstić information content (AvgIpc) is 2.18. The first-order valence-corrected chi connectivity index (χ1v) is 4.72. The molecule has 0 radical (unpaired) electrons. The van der Waals surface area contributed by atoms with Crippen LogP contribution in [0, 0.1) is 0 Å². The zero-order valence-electron chi connectivity index (χ0n) is 8.46. The van der Waals surface area contributed by atoms with Crippen LogP contribution >= 0.6 is 0 Å². The summed E-state index contributed by atoms with van der Waals surface area (Å²) in [6, 6.07) is 0. The molecule has 1 aliphatic rings. The van der Waals surface area contributed by atoms with Crippen LogP contribution in [0.5, 0.6) is 0 Å². The smallest absolute Gasteiger partial charge is 0.354 e. The molecule has 4 heteroatoms. The van der Waals surface area contributed by atoms with E-state index in [9.17, 15) is 9.90 Å². The van der Waals surface area contributed by atoms with Crippen molar-refractivity contribution in [3.8, 4) is 0 Å². The number of rotatable bonds is 3. The van der Waals surface area contributed by atoms with E-state index < -0.39 is 5.97 Å². The number of nitrogens with one attached hydrogen (secondary N) is 1. The molecular formula is C10H15NO3. The van der Waals surface area contributed by atoms with Crippen LogP contribution in [0.3, 0.4) is 0 Å². The van der Waals surface area contributed by atoms with Gasteiger partial charge in [0.2, 0.25) is 0 Å². The minimum atomic E-state index is -0.422. The van der Waals surface area contributed by atoms with Gasteiger partial charge in [0.25, 0.3) is 0 Å². The molecule has 0 fully saturated rings. The van der Waals surface area contributed by atoms with Crippen molar-refractivity contribution >= 4 is 5.97 Å². The van der Waals surface area contributed by atoms with Crippen LogP contribution in [0.4, 0.5) is 0 Å². The summed E-state index contributed by atoms with van der Waals surface area (Å²) in [5.41, 5.74) is 1.22. The van der Waals surface area contributed by atoms with E-state index in [4.69, 9.17) is 4.74 Å². The number of carbonyl (C=O) groups is 1. The van der Waals surface area contributed by atoms with Gasteiger partial charge in [-0.2, -0.15) is 0 Å². The molecule has 0 bridgehead atoms. The lowest BCUT2D eigenvalue weighted by Gasteiger charge is -2.17. The monoisotopic (exact) mass is 197 g/mol. The summed E-state index contributed by atoms with van der Waals surface area (Å²) in [7, 11) is 0. The van der Waals surface area contributed by atoms with Gasteiger partial charge in [-0.05, 0) is 18.9 Å². The summed E-state index contributed by atoms with van der Waals surface area (Å²) in [6.07, 6.45) is 2.19. The molecule has 78 valence electrons. The van der Waals surface area contributed by atoms with Crippen LogP contribution in [0.1, 0.15) is 20.3 Å². The molecule has 0 unspecified atom stereocenters. The third-order valence-electron chi connectivity index (χ3n) is 2.06. The average molecular weight is 197 g/mol. The second kappa shape index (κ2) is 4.69. The van der Waals surface area contributed by atoms with Crippen LogP contribution in [0.25, 0.3) is 0 Å². The second-order valence-electron chi connectivity index (χ2n) is 2.97. The fraction of sp³-hybridized carbons (Fsp3) is 0.500. The minimum absolute atomic E-state index is 0.175. The van der Waals surface area contributed by atoms with Gasteiger partial charge in [-0.3, -0.25) is 0 Å². The van der Waals surface area contributed by atoms with Crippen molar-refractivity contribution in [2.75, 3.05) is 13.2 Å². The van der Waals surface area contributed by atoms with E-state index in [2.05, 4.69) is 5.32 Å². The molecule has 0 aliphatic carbocycles. The van der Waals surface area contributed by atoms with Gasteiger partial charge >= 0.3 is 5.97 Å². The Morgan fingerprint density at radius 1 is 1.64 bits per heavy atom. The molecule has 1 rings (SSSR count). The highest BCUT2D eigenvalue weighted by Crippen LogP contribution is 2.14. The highest BCUT2D eigenvalue weighted by molar-refractivity contribution is 5.88. The molecule has 0 aromatic heterocycles. The first-order chi connectivity index (χ1) is 6.69. The molecule has 0 aromatic rings. The van der Waals surface area contributed by atoms with Gasteiger partial charge in [-0.1, -0.05) is 6.92 Å². The minimum Gasteiger partial charge on any atom is -0.508 e. The Hall–Kier alpha value is -1.45. The third kappa shape index (κ3) is 2.28. The molecule has 0 saturated heterocycles. The topological polar surface area (TPSA) is 58.6 Å². The lowest BCUT2D eigenvalue weighted by atomic mass is 10.1. The summed E-state index contributed by atoms with van der Waals surface area (Å²) in [5.74, 6) is -0.247. The van der Waals surface area contributed by atoms with E-state index in [1.54, 1.807) is 6.92 Å². The number of hydrogen-bond acceptors (Lipinski definition) is 4. The molecule has 0 amide bonds. The summed E-state index contributed by atoms with van der Waals surface area (Å²) in [6.45, 7) is 4.54. The lowest BCUT2D eigenvalue weighted by Crippen LogP contribution is -2.28. The molecule has 1 aliphatic heterocycles. The predicted molar refractivity (Wildman–Crippen MR) is 52.7 cm³/mol.